The Bertz CT molecular complexity index is 487. The first-order valence-corrected chi connectivity index (χ1v) is 6.64. The molecule has 82 valence electrons. The molecule has 0 heterocycles. The van der Waals surface area contributed by atoms with Gasteiger partial charge in [-0.15, -0.1) is 0 Å². The number of rotatable bonds is 3. The van der Waals surface area contributed by atoms with Crippen LogP contribution in [0.5, 0.6) is 0 Å². The van der Waals surface area contributed by atoms with Crippen LogP contribution in [0.4, 0.5) is 0 Å². The molecule has 0 saturated heterocycles. The van der Waals surface area contributed by atoms with Crippen molar-refractivity contribution < 1.29 is 13.2 Å². The largest absolute Gasteiger partial charge is 0.293 e. The number of ketones is 1. The van der Waals surface area contributed by atoms with Crippen LogP contribution in [0.3, 0.4) is 0 Å². The van der Waals surface area contributed by atoms with Crippen molar-refractivity contribution in [3.05, 3.63) is 34.9 Å². The van der Waals surface area contributed by atoms with Gasteiger partial charge in [-0.25, -0.2) is 8.42 Å². The number of carbonyl (C=O) groups is 1. The molecule has 0 spiro atoms. The molecule has 1 aromatic rings. The van der Waals surface area contributed by atoms with E-state index in [1.165, 1.54) is 0 Å². The molecule has 0 aliphatic carbocycles. The van der Waals surface area contributed by atoms with Crippen LogP contribution in [0.15, 0.2) is 18.2 Å². The van der Waals surface area contributed by atoms with Gasteiger partial charge in [0.1, 0.15) is 5.75 Å². The fourth-order valence-electron chi connectivity index (χ4n) is 1.24. The van der Waals surface area contributed by atoms with Crippen LogP contribution in [-0.2, 0) is 9.84 Å². The van der Waals surface area contributed by atoms with E-state index in [2.05, 4.69) is 0 Å². The topological polar surface area (TPSA) is 51.2 Å². The van der Waals surface area contributed by atoms with Gasteiger partial charge in [0.2, 0.25) is 0 Å². The van der Waals surface area contributed by atoms with Gasteiger partial charge in [0, 0.05) is 11.8 Å². The maximum atomic E-state index is 11.5. The number of sulfone groups is 1. The van der Waals surface area contributed by atoms with E-state index in [4.69, 9.17) is 0 Å². The maximum absolute atomic E-state index is 11.5. The Kier molecular flexibility index (Phi) is 3.29. The first-order chi connectivity index (χ1) is 6.79. The van der Waals surface area contributed by atoms with Crippen molar-refractivity contribution in [2.24, 2.45) is 0 Å². The monoisotopic (exact) mass is 226 g/mol. The summed E-state index contributed by atoms with van der Waals surface area (Å²) in [5, 5.41) is 0. The lowest BCUT2D eigenvalue weighted by Crippen LogP contribution is -2.14. The van der Waals surface area contributed by atoms with Gasteiger partial charge in [0.05, 0.1) is 0 Å². The van der Waals surface area contributed by atoms with Crippen LogP contribution in [0.2, 0.25) is 0 Å². The molecule has 1 rings (SSSR count). The number of hydrogen-bond donors (Lipinski definition) is 0. The molecule has 0 amide bonds. The van der Waals surface area contributed by atoms with Gasteiger partial charge >= 0.3 is 0 Å². The highest BCUT2D eigenvalue weighted by molar-refractivity contribution is 7.91. The van der Waals surface area contributed by atoms with Crippen LogP contribution >= 0.6 is 0 Å². The summed E-state index contributed by atoms with van der Waals surface area (Å²) in [6.45, 7) is 3.84. The summed E-state index contributed by atoms with van der Waals surface area (Å²) in [5.74, 6) is -0.768. The Morgan fingerprint density at radius 2 is 1.80 bits per heavy atom. The van der Waals surface area contributed by atoms with Crippen molar-refractivity contribution >= 4 is 15.6 Å². The summed E-state index contributed by atoms with van der Waals surface area (Å²) in [6.07, 6.45) is 1.06. The second-order valence-electron chi connectivity index (χ2n) is 3.79. The smallest absolute Gasteiger partial charge is 0.177 e. The lowest BCUT2D eigenvalue weighted by Gasteiger charge is -2.03. The highest BCUT2D eigenvalue weighted by Gasteiger charge is 2.13. The molecule has 0 aliphatic rings. The third-order valence-corrected chi connectivity index (χ3v) is 3.01. The molecule has 0 aromatic heterocycles. The minimum atomic E-state index is -3.24. The molecule has 0 aliphatic heterocycles. The molecule has 0 saturated carbocycles. The molecule has 0 radical (unpaired) electrons. The highest BCUT2D eigenvalue weighted by atomic mass is 32.2. The van der Waals surface area contributed by atoms with Crippen molar-refractivity contribution in [1.82, 2.24) is 0 Å². The van der Waals surface area contributed by atoms with Crippen LogP contribution in [0, 0.1) is 13.8 Å². The summed E-state index contributed by atoms with van der Waals surface area (Å²) >= 11 is 0. The molecule has 0 atom stereocenters. The zero-order valence-electron chi connectivity index (χ0n) is 9.07. The van der Waals surface area contributed by atoms with Gasteiger partial charge in [-0.3, -0.25) is 4.79 Å². The van der Waals surface area contributed by atoms with Crippen LogP contribution in [-0.4, -0.2) is 26.2 Å². The van der Waals surface area contributed by atoms with Crippen LogP contribution < -0.4 is 0 Å². The normalized spacial score (nSPS) is 11.4. The lowest BCUT2D eigenvalue weighted by molar-refractivity contribution is 0.102. The Morgan fingerprint density at radius 3 is 2.27 bits per heavy atom. The van der Waals surface area contributed by atoms with E-state index < -0.39 is 15.6 Å². The number of benzene rings is 1. The van der Waals surface area contributed by atoms with Crippen LogP contribution in [0.1, 0.15) is 21.5 Å². The van der Waals surface area contributed by atoms with Crippen molar-refractivity contribution in [2.45, 2.75) is 13.8 Å². The van der Waals surface area contributed by atoms with E-state index in [1.807, 2.05) is 19.9 Å². The first-order valence-electron chi connectivity index (χ1n) is 4.58. The predicted molar refractivity (Wildman–Crippen MR) is 60.0 cm³/mol. The molecular weight excluding hydrogens is 212 g/mol. The van der Waals surface area contributed by atoms with Gasteiger partial charge < -0.3 is 0 Å². The van der Waals surface area contributed by atoms with Crippen LogP contribution in [0.25, 0.3) is 0 Å². The fraction of sp³-hybridized carbons (Fsp3) is 0.364. The van der Waals surface area contributed by atoms with E-state index in [9.17, 15) is 13.2 Å². The van der Waals surface area contributed by atoms with Gasteiger partial charge in [-0.1, -0.05) is 12.1 Å². The Labute approximate surface area is 90.0 Å². The lowest BCUT2D eigenvalue weighted by atomic mass is 10.0. The summed E-state index contributed by atoms with van der Waals surface area (Å²) in [4.78, 5) is 11.5. The molecule has 0 bridgehead atoms. The molecular formula is C11H14O3S. The molecule has 1 aromatic carbocycles. The van der Waals surface area contributed by atoms with Crippen molar-refractivity contribution in [1.29, 1.82) is 0 Å². The van der Waals surface area contributed by atoms with Crippen molar-refractivity contribution in [2.75, 3.05) is 12.0 Å². The Hall–Kier alpha value is -1.16. The fourth-order valence-corrected chi connectivity index (χ4v) is 1.88. The van der Waals surface area contributed by atoms with E-state index in [0.29, 0.717) is 5.56 Å². The quantitative estimate of drug-likeness (QED) is 0.734. The van der Waals surface area contributed by atoms with Gasteiger partial charge in [-0.2, -0.15) is 0 Å². The van der Waals surface area contributed by atoms with E-state index in [0.717, 1.165) is 17.4 Å². The average molecular weight is 226 g/mol. The minimum Gasteiger partial charge on any atom is -0.293 e. The second-order valence-corrected chi connectivity index (χ2v) is 5.93. The Balaban J connectivity index is 2.98. The van der Waals surface area contributed by atoms with E-state index in [1.54, 1.807) is 12.1 Å². The summed E-state index contributed by atoms with van der Waals surface area (Å²) in [5.41, 5.74) is 2.55. The maximum Gasteiger partial charge on any atom is 0.177 e. The highest BCUT2D eigenvalue weighted by Crippen LogP contribution is 2.10. The molecule has 4 heteroatoms. The van der Waals surface area contributed by atoms with E-state index in [-0.39, 0.29) is 5.78 Å². The summed E-state index contributed by atoms with van der Waals surface area (Å²) in [7, 11) is -3.24. The minimum absolute atomic E-state index is 0.347. The zero-order valence-corrected chi connectivity index (χ0v) is 9.89. The molecule has 0 N–H and O–H groups in total. The number of carbonyl (C=O) groups excluding carboxylic acids is 1. The summed E-state index contributed by atoms with van der Waals surface area (Å²) in [6, 6.07) is 5.21. The van der Waals surface area contributed by atoms with Gasteiger partial charge in [0.25, 0.3) is 0 Å². The Morgan fingerprint density at radius 1 is 1.20 bits per heavy atom. The second kappa shape index (κ2) is 4.14. The third kappa shape index (κ3) is 3.47. The number of aryl methyl sites for hydroxylation is 2. The number of hydrogen-bond acceptors (Lipinski definition) is 3. The SMILES string of the molecule is Cc1ccc(C(=O)CS(C)(=O)=O)cc1C. The van der Waals surface area contributed by atoms with Crippen molar-refractivity contribution in [3.63, 3.8) is 0 Å². The summed E-state index contributed by atoms with van der Waals surface area (Å²) < 4.78 is 21.9. The molecule has 3 nitrogen and oxygen atoms in total. The molecule has 15 heavy (non-hydrogen) atoms. The third-order valence-electron chi connectivity index (χ3n) is 2.22. The molecule has 0 fully saturated rings. The number of Topliss-reactive ketones (excluding diaryl/α,β-unsaturated/α-hetero) is 1. The van der Waals surface area contributed by atoms with Gasteiger partial charge in [-0.05, 0) is 31.0 Å². The van der Waals surface area contributed by atoms with E-state index >= 15 is 0 Å². The zero-order chi connectivity index (χ0) is 11.6. The average Bonchev–Trinajstić information content (AvgIpc) is 2.06. The predicted octanol–water partition coefficient (Wildman–Crippen LogP) is 1.53. The van der Waals surface area contributed by atoms with Crippen molar-refractivity contribution in [3.8, 4) is 0 Å². The standard InChI is InChI=1S/C11H14O3S/c1-8-4-5-10(6-9(8)2)11(12)7-15(3,13)14/h4-6H,7H2,1-3H3. The van der Waals surface area contributed by atoms with Gasteiger partial charge in [0.15, 0.2) is 15.6 Å². The first kappa shape index (κ1) is 11.9. The molecule has 0 unspecified atom stereocenters.